The average molecular weight is 534 g/mol. The summed E-state index contributed by atoms with van der Waals surface area (Å²) in [5.74, 6) is -2.51. The van der Waals surface area contributed by atoms with Crippen LogP contribution in [0.4, 0.5) is 0 Å². The SMILES string of the molecule is CCCC[C@H](NC(=O)C(N)(Cc1sccc1C)C(=O)O)C(=O)N(Cc1cccs1)Cc1cccs1. The average Bonchev–Trinajstić information content (AvgIpc) is 3.60. The highest BCUT2D eigenvalue weighted by atomic mass is 32.1. The van der Waals surface area contributed by atoms with Gasteiger partial charge in [-0.1, -0.05) is 31.9 Å². The van der Waals surface area contributed by atoms with Crippen LogP contribution in [0, 0.1) is 6.92 Å². The molecular weight excluding hydrogens is 502 g/mol. The van der Waals surface area contributed by atoms with Crippen LogP contribution in [-0.2, 0) is 33.9 Å². The van der Waals surface area contributed by atoms with E-state index in [9.17, 15) is 19.5 Å². The van der Waals surface area contributed by atoms with E-state index in [2.05, 4.69) is 5.32 Å². The van der Waals surface area contributed by atoms with Gasteiger partial charge < -0.3 is 21.1 Å². The molecule has 3 heterocycles. The van der Waals surface area contributed by atoms with Crippen LogP contribution >= 0.6 is 34.0 Å². The highest BCUT2D eigenvalue weighted by Crippen LogP contribution is 2.23. The van der Waals surface area contributed by atoms with Crippen LogP contribution < -0.4 is 11.1 Å². The number of aliphatic carboxylic acids is 1. The third kappa shape index (κ3) is 7.00. The number of nitrogens with two attached hydrogens (primary N) is 1. The molecule has 35 heavy (non-hydrogen) atoms. The number of nitrogens with one attached hydrogen (secondary N) is 1. The maximum Gasteiger partial charge on any atom is 0.333 e. The van der Waals surface area contributed by atoms with Crippen molar-refractivity contribution in [3.8, 4) is 0 Å². The zero-order valence-electron chi connectivity index (χ0n) is 19.9. The summed E-state index contributed by atoms with van der Waals surface area (Å²) in [5, 5.41) is 18.4. The number of amides is 2. The van der Waals surface area contributed by atoms with Gasteiger partial charge in [0.15, 0.2) is 5.54 Å². The van der Waals surface area contributed by atoms with Crippen molar-refractivity contribution in [3.63, 3.8) is 0 Å². The fourth-order valence-corrected chi connectivity index (χ4v) is 6.10. The number of carboxylic acid groups (broad SMARTS) is 1. The summed E-state index contributed by atoms with van der Waals surface area (Å²) in [6.07, 6.45) is 1.80. The van der Waals surface area contributed by atoms with E-state index in [1.165, 1.54) is 11.3 Å². The monoisotopic (exact) mass is 533 g/mol. The van der Waals surface area contributed by atoms with Crippen LogP contribution in [0.5, 0.6) is 0 Å². The first-order valence-electron chi connectivity index (χ1n) is 11.4. The van der Waals surface area contributed by atoms with Gasteiger partial charge in [-0.25, -0.2) is 4.79 Å². The van der Waals surface area contributed by atoms with Crippen molar-refractivity contribution in [2.24, 2.45) is 5.73 Å². The topological polar surface area (TPSA) is 113 Å². The lowest BCUT2D eigenvalue weighted by atomic mass is 9.92. The molecule has 4 N–H and O–H groups in total. The Morgan fingerprint density at radius 2 is 1.69 bits per heavy atom. The van der Waals surface area contributed by atoms with Gasteiger partial charge in [-0.2, -0.15) is 0 Å². The van der Waals surface area contributed by atoms with Crippen molar-refractivity contribution in [2.75, 3.05) is 0 Å². The summed E-state index contributed by atoms with van der Waals surface area (Å²) in [5.41, 5.74) is 4.90. The van der Waals surface area contributed by atoms with Crippen LogP contribution in [0.3, 0.4) is 0 Å². The molecule has 3 aromatic heterocycles. The molecule has 0 aliphatic carbocycles. The summed E-state index contributed by atoms with van der Waals surface area (Å²) in [6.45, 7) is 4.68. The predicted octanol–water partition coefficient (Wildman–Crippen LogP) is 4.41. The van der Waals surface area contributed by atoms with Crippen molar-refractivity contribution >= 4 is 51.8 Å². The van der Waals surface area contributed by atoms with E-state index in [0.29, 0.717) is 25.9 Å². The molecule has 10 heteroatoms. The van der Waals surface area contributed by atoms with Crippen molar-refractivity contribution in [2.45, 2.75) is 64.2 Å². The lowest BCUT2D eigenvalue weighted by molar-refractivity contribution is -0.150. The molecule has 3 rings (SSSR count). The number of hydrogen-bond donors (Lipinski definition) is 3. The van der Waals surface area contributed by atoms with Crippen molar-refractivity contribution < 1.29 is 19.5 Å². The first-order chi connectivity index (χ1) is 16.7. The van der Waals surface area contributed by atoms with E-state index >= 15 is 0 Å². The van der Waals surface area contributed by atoms with Gasteiger partial charge in [0, 0.05) is 21.1 Å². The second-order valence-corrected chi connectivity index (χ2v) is 11.6. The van der Waals surface area contributed by atoms with Crippen molar-refractivity contribution in [1.29, 1.82) is 0 Å². The summed E-state index contributed by atoms with van der Waals surface area (Å²) >= 11 is 4.49. The van der Waals surface area contributed by atoms with E-state index in [4.69, 9.17) is 5.73 Å². The maximum atomic E-state index is 13.7. The minimum atomic E-state index is -2.17. The number of carboxylic acids is 1. The Morgan fingerprint density at radius 3 is 2.14 bits per heavy atom. The van der Waals surface area contributed by atoms with Gasteiger partial charge >= 0.3 is 5.97 Å². The number of carbonyl (C=O) groups is 3. The minimum absolute atomic E-state index is 0.138. The zero-order chi connectivity index (χ0) is 25.4. The van der Waals surface area contributed by atoms with E-state index in [0.717, 1.165) is 26.6 Å². The minimum Gasteiger partial charge on any atom is -0.479 e. The smallest absolute Gasteiger partial charge is 0.333 e. The molecule has 0 saturated carbocycles. The lowest BCUT2D eigenvalue weighted by Crippen LogP contribution is -2.64. The number of thiophene rings is 3. The molecule has 188 valence electrons. The number of carbonyl (C=O) groups excluding carboxylic acids is 2. The van der Waals surface area contributed by atoms with Crippen molar-refractivity contribution in [1.82, 2.24) is 10.2 Å². The van der Waals surface area contributed by atoms with Crippen LogP contribution in [0.25, 0.3) is 0 Å². The lowest BCUT2D eigenvalue weighted by Gasteiger charge is -2.30. The van der Waals surface area contributed by atoms with Gasteiger partial charge in [-0.15, -0.1) is 34.0 Å². The third-order valence-corrected chi connectivity index (χ3v) is 8.55. The molecule has 0 aliphatic heterocycles. The number of aryl methyl sites for hydroxylation is 1. The number of nitrogens with zero attached hydrogens (tertiary/aromatic N) is 1. The van der Waals surface area contributed by atoms with Crippen LogP contribution in [0.15, 0.2) is 46.5 Å². The fourth-order valence-electron chi connectivity index (χ4n) is 3.66. The molecule has 0 spiro atoms. The molecule has 0 bridgehead atoms. The summed E-state index contributed by atoms with van der Waals surface area (Å²) < 4.78 is 0. The van der Waals surface area contributed by atoms with Crippen LogP contribution in [-0.4, -0.2) is 39.4 Å². The number of unbranched alkanes of at least 4 members (excludes halogenated alkanes) is 1. The van der Waals surface area contributed by atoms with Gasteiger partial charge in [-0.3, -0.25) is 9.59 Å². The molecule has 0 aromatic carbocycles. The molecular formula is C25H31N3O4S3. The number of hydrogen-bond acceptors (Lipinski definition) is 7. The Balaban J connectivity index is 1.84. The summed E-state index contributed by atoms with van der Waals surface area (Å²) in [6, 6.07) is 8.81. The predicted molar refractivity (Wildman–Crippen MR) is 142 cm³/mol. The normalized spacial score (nSPS) is 13.7. The highest BCUT2D eigenvalue weighted by Gasteiger charge is 2.44. The molecule has 0 fully saturated rings. The standard InChI is InChI=1S/C25H31N3O4S3/c1-3-4-9-20(27-23(30)25(26,24(31)32)14-21-17(2)10-13-35-21)22(29)28(15-18-7-5-11-33-18)16-19-8-6-12-34-19/h5-8,10-13,20H,3-4,9,14-16,26H2,1-2H3,(H,27,30)(H,31,32)/t20-,25?/m0/s1. The first kappa shape index (κ1) is 27.1. The van der Waals surface area contributed by atoms with E-state index < -0.39 is 23.5 Å². The molecule has 0 saturated heterocycles. The van der Waals surface area contributed by atoms with E-state index in [1.54, 1.807) is 27.6 Å². The Bertz CT molecular complexity index is 1070. The van der Waals surface area contributed by atoms with E-state index in [-0.39, 0.29) is 12.3 Å². The highest BCUT2D eigenvalue weighted by molar-refractivity contribution is 7.10. The maximum absolute atomic E-state index is 13.7. The molecule has 3 aromatic rings. The number of rotatable bonds is 13. The first-order valence-corrected chi connectivity index (χ1v) is 14.1. The van der Waals surface area contributed by atoms with E-state index in [1.807, 2.05) is 60.3 Å². The third-order valence-electron chi connectivity index (χ3n) is 5.81. The zero-order valence-corrected chi connectivity index (χ0v) is 22.3. The van der Waals surface area contributed by atoms with Gasteiger partial charge in [0.1, 0.15) is 6.04 Å². The van der Waals surface area contributed by atoms with Gasteiger partial charge in [-0.05, 0) is 53.2 Å². The Kier molecular flexibility index (Phi) is 9.62. The van der Waals surface area contributed by atoms with Crippen molar-refractivity contribution in [3.05, 3.63) is 66.7 Å². The summed E-state index contributed by atoms with van der Waals surface area (Å²) in [7, 11) is 0. The Labute approximate surface area is 217 Å². The quantitative estimate of drug-likeness (QED) is 0.282. The van der Waals surface area contributed by atoms with Gasteiger partial charge in [0.05, 0.1) is 13.1 Å². The Morgan fingerprint density at radius 1 is 1.06 bits per heavy atom. The molecule has 2 atom stereocenters. The molecule has 1 unspecified atom stereocenters. The molecule has 0 radical (unpaired) electrons. The molecule has 0 aliphatic rings. The van der Waals surface area contributed by atoms with Crippen LogP contribution in [0.2, 0.25) is 0 Å². The second kappa shape index (κ2) is 12.4. The summed E-state index contributed by atoms with van der Waals surface area (Å²) in [4.78, 5) is 43.7. The second-order valence-electron chi connectivity index (χ2n) is 8.50. The van der Waals surface area contributed by atoms with Gasteiger partial charge in [0.25, 0.3) is 5.91 Å². The molecule has 7 nitrogen and oxygen atoms in total. The van der Waals surface area contributed by atoms with Gasteiger partial charge in [0.2, 0.25) is 5.91 Å². The largest absolute Gasteiger partial charge is 0.479 e. The fraction of sp³-hybridized carbons (Fsp3) is 0.400. The van der Waals surface area contributed by atoms with Crippen LogP contribution in [0.1, 0.15) is 46.4 Å². The Hall–Kier alpha value is -2.53. The molecule has 2 amide bonds.